The summed E-state index contributed by atoms with van der Waals surface area (Å²) >= 11 is 6.56. The Balaban J connectivity index is 1.87. The number of thiocarbonyl (C=S) groups is 1. The maximum atomic E-state index is 12.7. The van der Waals surface area contributed by atoms with E-state index in [1.54, 1.807) is 54.6 Å². The number of carbonyl (C=O) groups excluding carboxylic acids is 3. The quantitative estimate of drug-likeness (QED) is 0.352. The molecule has 25 heavy (non-hydrogen) atoms. The van der Waals surface area contributed by atoms with Crippen molar-refractivity contribution < 1.29 is 14.4 Å². The van der Waals surface area contributed by atoms with Crippen LogP contribution in [0.2, 0.25) is 0 Å². The molecular weight excluding hydrogens is 354 g/mol. The summed E-state index contributed by atoms with van der Waals surface area (Å²) in [6, 6.07) is 13.7. The second kappa shape index (κ2) is 7.13. The molecule has 4 nitrogen and oxygen atoms in total. The fourth-order valence-electron chi connectivity index (χ4n) is 2.36. The maximum Gasteiger partial charge on any atom is 0.270 e. The zero-order chi connectivity index (χ0) is 18.0. The normalized spacial score (nSPS) is 15.7. The first-order chi connectivity index (χ1) is 12.0. The number of nitrogens with zero attached hydrogens (tertiary/aromatic N) is 1. The van der Waals surface area contributed by atoms with Crippen LogP contribution in [0.15, 0.2) is 53.4 Å². The second-order valence-corrected chi connectivity index (χ2v) is 7.08. The number of anilines is 1. The van der Waals surface area contributed by atoms with Crippen molar-refractivity contribution in [1.82, 2.24) is 0 Å². The summed E-state index contributed by atoms with van der Waals surface area (Å²) in [5, 5.41) is 0. The predicted octanol–water partition coefficient (Wildman–Crippen LogP) is 4.11. The monoisotopic (exact) mass is 367 g/mol. The molecule has 124 valence electrons. The Bertz CT molecular complexity index is 899. The Labute approximate surface area is 154 Å². The van der Waals surface area contributed by atoms with E-state index in [0.29, 0.717) is 26.0 Å². The van der Waals surface area contributed by atoms with E-state index in [-0.39, 0.29) is 11.7 Å². The Morgan fingerprint density at radius 3 is 2.20 bits per heavy atom. The van der Waals surface area contributed by atoms with Crippen molar-refractivity contribution in [1.29, 1.82) is 0 Å². The van der Waals surface area contributed by atoms with Crippen LogP contribution < -0.4 is 4.90 Å². The molecule has 2 aromatic rings. The molecule has 0 radical (unpaired) electrons. The standard InChI is InChI=1S/C19H13NO3S2/c1-12(22)15-6-8-16(9-7-15)20-18(23)17(25-19(20)24)10-13-2-4-14(11-21)5-3-13/h2-11H,1H3. The number of hydrogen-bond acceptors (Lipinski definition) is 5. The smallest absolute Gasteiger partial charge is 0.270 e. The third-order valence-corrected chi connectivity index (χ3v) is 5.00. The first-order valence-electron chi connectivity index (χ1n) is 7.44. The van der Waals surface area contributed by atoms with Crippen molar-refractivity contribution in [2.24, 2.45) is 0 Å². The minimum absolute atomic E-state index is 0.0318. The van der Waals surface area contributed by atoms with Crippen LogP contribution in [0.1, 0.15) is 33.2 Å². The van der Waals surface area contributed by atoms with Crippen LogP contribution in [-0.4, -0.2) is 22.3 Å². The molecule has 3 rings (SSSR count). The molecule has 0 aromatic heterocycles. The van der Waals surface area contributed by atoms with Crippen LogP contribution in [0.3, 0.4) is 0 Å². The first kappa shape index (κ1) is 17.3. The summed E-state index contributed by atoms with van der Waals surface area (Å²) in [4.78, 5) is 36.7. The molecule has 1 saturated heterocycles. The van der Waals surface area contributed by atoms with Gasteiger partial charge in [0, 0.05) is 11.1 Å². The van der Waals surface area contributed by atoms with Crippen LogP contribution in [0.25, 0.3) is 6.08 Å². The van der Waals surface area contributed by atoms with Crippen LogP contribution in [-0.2, 0) is 4.79 Å². The van der Waals surface area contributed by atoms with Gasteiger partial charge in [0.15, 0.2) is 10.1 Å². The predicted molar refractivity (Wildman–Crippen MR) is 104 cm³/mol. The van der Waals surface area contributed by atoms with Crippen LogP contribution >= 0.6 is 24.0 Å². The summed E-state index contributed by atoms with van der Waals surface area (Å²) in [7, 11) is 0. The van der Waals surface area contributed by atoms with E-state index in [0.717, 1.165) is 11.8 Å². The van der Waals surface area contributed by atoms with Crippen LogP contribution in [0.5, 0.6) is 0 Å². The lowest BCUT2D eigenvalue weighted by molar-refractivity contribution is -0.113. The number of thioether (sulfide) groups is 1. The maximum absolute atomic E-state index is 12.7. The number of ketones is 1. The summed E-state index contributed by atoms with van der Waals surface area (Å²) in [6.07, 6.45) is 2.52. The number of amides is 1. The zero-order valence-electron chi connectivity index (χ0n) is 13.3. The SMILES string of the molecule is CC(=O)c1ccc(N2C(=O)C(=Cc3ccc(C=O)cc3)SC2=S)cc1. The number of aldehydes is 1. The van der Waals surface area contributed by atoms with Crippen LogP contribution in [0, 0.1) is 0 Å². The number of carbonyl (C=O) groups is 3. The molecule has 1 aliphatic heterocycles. The van der Waals surface area contributed by atoms with Crippen molar-refractivity contribution in [2.75, 3.05) is 4.90 Å². The number of hydrogen-bond donors (Lipinski definition) is 0. The van der Waals surface area contributed by atoms with Gasteiger partial charge in [0.05, 0.1) is 10.6 Å². The molecule has 0 N–H and O–H groups in total. The average Bonchev–Trinajstić information content (AvgIpc) is 2.89. The van der Waals surface area contributed by atoms with Gasteiger partial charge in [-0.1, -0.05) is 48.2 Å². The molecule has 6 heteroatoms. The van der Waals surface area contributed by atoms with Gasteiger partial charge in [-0.15, -0.1) is 0 Å². The van der Waals surface area contributed by atoms with Gasteiger partial charge in [-0.05, 0) is 42.8 Å². The zero-order valence-corrected chi connectivity index (χ0v) is 14.9. The van der Waals surface area contributed by atoms with Gasteiger partial charge in [-0.2, -0.15) is 0 Å². The summed E-state index contributed by atoms with van der Waals surface area (Å²) in [6.45, 7) is 1.49. The number of rotatable bonds is 4. The van der Waals surface area contributed by atoms with Gasteiger partial charge in [0.25, 0.3) is 5.91 Å². The largest absolute Gasteiger partial charge is 0.298 e. The number of benzene rings is 2. The van der Waals surface area contributed by atoms with E-state index in [2.05, 4.69) is 0 Å². The highest BCUT2D eigenvalue weighted by Crippen LogP contribution is 2.36. The van der Waals surface area contributed by atoms with E-state index in [1.807, 2.05) is 0 Å². The minimum Gasteiger partial charge on any atom is -0.298 e. The second-order valence-electron chi connectivity index (χ2n) is 5.40. The highest BCUT2D eigenvalue weighted by Gasteiger charge is 2.33. The highest BCUT2D eigenvalue weighted by atomic mass is 32.2. The van der Waals surface area contributed by atoms with E-state index >= 15 is 0 Å². The lowest BCUT2D eigenvalue weighted by Gasteiger charge is -2.14. The van der Waals surface area contributed by atoms with E-state index in [4.69, 9.17) is 12.2 Å². The van der Waals surface area contributed by atoms with E-state index in [9.17, 15) is 14.4 Å². The molecule has 1 heterocycles. The van der Waals surface area contributed by atoms with Gasteiger partial charge in [0.1, 0.15) is 6.29 Å². The third-order valence-electron chi connectivity index (χ3n) is 3.70. The molecule has 1 fully saturated rings. The molecule has 1 amide bonds. The summed E-state index contributed by atoms with van der Waals surface area (Å²) in [5.74, 6) is -0.236. The molecule has 0 atom stereocenters. The Morgan fingerprint density at radius 2 is 1.64 bits per heavy atom. The molecule has 0 saturated carbocycles. The number of Topliss-reactive ketones (excluding diaryl/α,β-unsaturated/α-hetero) is 1. The molecule has 1 aliphatic rings. The average molecular weight is 367 g/mol. The van der Waals surface area contributed by atoms with Crippen molar-refractivity contribution in [3.05, 3.63) is 70.1 Å². The van der Waals surface area contributed by atoms with Crippen molar-refractivity contribution in [2.45, 2.75) is 6.92 Å². The molecule has 0 bridgehead atoms. The molecular formula is C19H13NO3S2. The topological polar surface area (TPSA) is 54.5 Å². The van der Waals surface area contributed by atoms with E-state index < -0.39 is 0 Å². The van der Waals surface area contributed by atoms with Gasteiger partial charge in [-0.3, -0.25) is 19.3 Å². The Hall–Kier alpha value is -2.57. The Morgan fingerprint density at radius 1 is 1.04 bits per heavy atom. The van der Waals surface area contributed by atoms with Gasteiger partial charge >= 0.3 is 0 Å². The van der Waals surface area contributed by atoms with Gasteiger partial charge < -0.3 is 0 Å². The van der Waals surface area contributed by atoms with Crippen molar-refractivity contribution in [3.63, 3.8) is 0 Å². The fourth-order valence-corrected chi connectivity index (χ4v) is 3.66. The molecule has 0 aliphatic carbocycles. The lowest BCUT2D eigenvalue weighted by atomic mass is 10.1. The fraction of sp³-hybridized carbons (Fsp3) is 0.0526. The van der Waals surface area contributed by atoms with Gasteiger partial charge in [0.2, 0.25) is 0 Å². The molecule has 2 aromatic carbocycles. The first-order valence-corrected chi connectivity index (χ1v) is 8.66. The highest BCUT2D eigenvalue weighted by molar-refractivity contribution is 8.27. The minimum atomic E-state index is -0.204. The summed E-state index contributed by atoms with van der Waals surface area (Å²) < 4.78 is 0.441. The third kappa shape index (κ3) is 3.60. The van der Waals surface area contributed by atoms with Crippen molar-refractivity contribution >= 4 is 58.0 Å². The Kier molecular flexibility index (Phi) is 4.92. The summed E-state index contributed by atoms with van der Waals surface area (Å²) in [5.41, 5.74) is 2.61. The van der Waals surface area contributed by atoms with Gasteiger partial charge in [-0.25, -0.2) is 0 Å². The lowest BCUT2D eigenvalue weighted by Crippen LogP contribution is -2.27. The molecule has 0 unspecified atom stereocenters. The van der Waals surface area contributed by atoms with E-state index in [1.165, 1.54) is 23.6 Å². The van der Waals surface area contributed by atoms with Crippen LogP contribution in [0.4, 0.5) is 5.69 Å². The van der Waals surface area contributed by atoms with Crippen molar-refractivity contribution in [3.8, 4) is 0 Å². The molecule has 0 spiro atoms.